The molecule has 0 saturated carbocycles. The van der Waals surface area contributed by atoms with Gasteiger partial charge in [0.1, 0.15) is 0 Å². The molecule has 128 valence electrons. The van der Waals surface area contributed by atoms with Crippen LogP contribution in [0.2, 0.25) is 0 Å². The third-order valence-electron chi connectivity index (χ3n) is 2.92. The summed E-state index contributed by atoms with van der Waals surface area (Å²) in [5.41, 5.74) is 2.46. The minimum absolute atomic E-state index is 0. The molecule has 0 heterocycles. The Kier molecular flexibility index (Phi) is 11.6. The van der Waals surface area contributed by atoms with Crippen molar-refractivity contribution in [3.63, 3.8) is 0 Å². The van der Waals surface area contributed by atoms with Crippen LogP contribution in [0.5, 0.6) is 0 Å². The van der Waals surface area contributed by atoms with Crippen molar-refractivity contribution < 1.29 is 20.4 Å². The second-order valence-corrected chi connectivity index (χ2v) is 6.57. The van der Waals surface area contributed by atoms with Crippen molar-refractivity contribution in [2.24, 2.45) is 0 Å². The van der Waals surface area contributed by atoms with E-state index < -0.39 is 0 Å². The zero-order chi connectivity index (χ0) is 16.5. The minimum Gasteiger partial charge on any atom is -0.779 e. The Labute approximate surface area is 165 Å². The predicted octanol–water partition coefficient (Wildman–Crippen LogP) is 3.31. The van der Waals surface area contributed by atoms with Crippen LogP contribution in [0.3, 0.4) is 0 Å². The molecule has 0 saturated heterocycles. The second-order valence-electron chi connectivity index (χ2n) is 5.69. The van der Waals surface area contributed by atoms with Gasteiger partial charge >= 0.3 is 20.4 Å². The predicted molar refractivity (Wildman–Crippen MR) is 98.9 cm³/mol. The van der Waals surface area contributed by atoms with Crippen molar-refractivity contribution in [1.82, 2.24) is 9.80 Å². The Bertz CT molecular complexity index is 523. The van der Waals surface area contributed by atoms with Gasteiger partial charge in [-0.1, -0.05) is 59.7 Å². The summed E-state index contributed by atoms with van der Waals surface area (Å²) >= 11 is 10.3. The molecule has 0 spiro atoms. The topological polar surface area (TPSA) is 6.48 Å². The molecule has 5 heteroatoms. The van der Waals surface area contributed by atoms with Crippen LogP contribution in [0.1, 0.15) is 11.1 Å². The molecular weight excluding hydrogens is 415 g/mol. The molecule has 0 fully saturated rings. The molecule has 0 N–H and O–H groups in total. The van der Waals surface area contributed by atoms with E-state index in [9.17, 15) is 0 Å². The number of nitrogens with zero attached hydrogens (tertiary/aromatic N) is 2. The minimum atomic E-state index is 0. The van der Waals surface area contributed by atoms with Crippen molar-refractivity contribution in [1.29, 1.82) is 0 Å². The molecular formula is C18H24N2PdS2. The maximum atomic E-state index is 5.14. The van der Waals surface area contributed by atoms with E-state index >= 15 is 0 Å². The molecule has 0 aromatic heterocycles. The van der Waals surface area contributed by atoms with E-state index in [0.717, 1.165) is 22.9 Å². The van der Waals surface area contributed by atoms with E-state index in [1.54, 1.807) is 0 Å². The first-order chi connectivity index (χ1) is 10.4. The zero-order valence-electron chi connectivity index (χ0n) is 14.1. The summed E-state index contributed by atoms with van der Waals surface area (Å²) in [7, 11) is 8.17. The molecule has 0 aliphatic heterocycles. The van der Waals surface area contributed by atoms with Gasteiger partial charge in [-0.05, 0) is 28.2 Å². The van der Waals surface area contributed by atoms with Gasteiger partial charge in [0.05, 0.1) is 0 Å². The van der Waals surface area contributed by atoms with E-state index in [-0.39, 0.29) is 20.4 Å². The van der Waals surface area contributed by atoms with Gasteiger partial charge < -0.3 is 35.1 Å². The van der Waals surface area contributed by atoms with Gasteiger partial charge in [-0.25, -0.2) is 0 Å². The van der Waals surface area contributed by atoms with Gasteiger partial charge in [0.25, 0.3) is 0 Å². The van der Waals surface area contributed by atoms with Gasteiger partial charge in [0, 0.05) is 13.1 Å². The molecule has 2 rings (SSSR count). The Morgan fingerprint density at radius 3 is 1.22 bits per heavy atom. The fourth-order valence-electron chi connectivity index (χ4n) is 1.95. The fourth-order valence-corrected chi connectivity index (χ4v) is 2.37. The molecule has 0 amide bonds. The Morgan fingerprint density at radius 2 is 0.957 bits per heavy atom. The van der Waals surface area contributed by atoms with Crippen LogP contribution in [0, 0.1) is 0 Å². The number of rotatable bonds is 4. The van der Waals surface area contributed by atoms with Crippen molar-refractivity contribution in [2.75, 3.05) is 28.2 Å². The summed E-state index contributed by atoms with van der Waals surface area (Å²) in [6, 6.07) is 16.1. The first kappa shape index (κ1) is 22.5. The SMILES string of the molecule is CN(C)Cc1ccccc1[S-].CN(C)Cc1ccccc1[S-].[Pd+2]. The molecule has 0 atom stereocenters. The molecule has 0 aliphatic carbocycles. The van der Waals surface area contributed by atoms with Crippen LogP contribution < -0.4 is 0 Å². The summed E-state index contributed by atoms with van der Waals surface area (Å²) in [6.45, 7) is 1.86. The quantitative estimate of drug-likeness (QED) is 0.533. The number of hydrogen-bond donors (Lipinski definition) is 0. The van der Waals surface area contributed by atoms with E-state index in [1.165, 1.54) is 11.1 Å². The Hall–Kier alpha value is -0.538. The molecule has 2 nitrogen and oxygen atoms in total. The van der Waals surface area contributed by atoms with Gasteiger partial charge in [-0.2, -0.15) is 9.79 Å². The van der Waals surface area contributed by atoms with Crippen molar-refractivity contribution in [3.05, 3.63) is 59.7 Å². The second kappa shape index (κ2) is 11.9. The van der Waals surface area contributed by atoms with Gasteiger partial charge in [-0.15, -0.1) is 0 Å². The Balaban J connectivity index is 0.000000403. The van der Waals surface area contributed by atoms with Crippen molar-refractivity contribution in [3.8, 4) is 0 Å². The molecule has 0 unspecified atom stereocenters. The average Bonchev–Trinajstić information content (AvgIpc) is 2.44. The summed E-state index contributed by atoms with van der Waals surface area (Å²) in [5.74, 6) is 0. The zero-order valence-corrected chi connectivity index (χ0v) is 17.2. The van der Waals surface area contributed by atoms with Crippen LogP contribution in [-0.2, 0) is 58.8 Å². The van der Waals surface area contributed by atoms with Crippen LogP contribution in [0.15, 0.2) is 58.3 Å². The maximum absolute atomic E-state index is 5.14. The maximum Gasteiger partial charge on any atom is 2.00 e. The summed E-state index contributed by atoms with van der Waals surface area (Å²) in [6.07, 6.45) is 0. The van der Waals surface area contributed by atoms with Gasteiger partial charge in [0.2, 0.25) is 0 Å². The summed E-state index contributed by atoms with van der Waals surface area (Å²) < 4.78 is 0. The first-order valence-corrected chi connectivity index (χ1v) is 8.01. The standard InChI is InChI=1S/2C9H13NS.Pd/c2*1-10(2)7-8-5-3-4-6-9(8)11;/h2*3-6,11H,7H2,1-2H3;/q;;+2/p-2. The average molecular weight is 439 g/mol. The molecule has 0 radical (unpaired) electrons. The Morgan fingerprint density at radius 1 is 0.652 bits per heavy atom. The first-order valence-electron chi connectivity index (χ1n) is 7.19. The van der Waals surface area contributed by atoms with Crippen LogP contribution >= 0.6 is 0 Å². The molecule has 2 aromatic carbocycles. The van der Waals surface area contributed by atoms with Crippen LogP contribution in [0.25, 0.3) is 0 Å². The molecule has 0 bridgehead atoms. The number of benzene rings is 2. The smallest absolute Gasteiger partial charge is 0.779 e. The van der Waals surface area contributed by atoms with E-state index in [4.69, 9.17) is 25.3 Å². The number of hydrogen-bond acceptors (Lipinski definition) is 4. The fraction of sp³-hybridized carbons (Fsp3) is 0.333. The molecule has 23 heavy (non-hydrogen) atoms. The normalized spacial score (nSPS) is 10.0. The van der Waals surface area contributed by atoms with Crippen molar-refractivity contribution in [2.45, 2.75) is 22.9 Å². The van der Waals surface area contributed by atoms with Crippen molar-refractivity contribution >= 4 is 25.3 Å². The summed E-state index contributed by atoms with van der Waals surface area (Å²) in [4.78, 5) is 6.15. The van der Waals surface area contributed by atoms with E-state index in [1.807, 2.05) is 64.6 Å². The monoisotopic (exact) mass is 438 g/mol. The van der Waals surface area contributed by atoms with Gasteiger partial charge in [0.15, 0.2) is 0 Å². The van der Waals surface area contributed by atoms with Crippen LogP contribution in [0.4, 0.5) is 0 Å². The molecule has 0 aliphatic rings. The summed E-state index contributed by atoms with van der Waals surface area (Å²) in [5, 5.41) is 0. The third kappa shape index (κ3) is 9.37. The van der Waals surface area contributed by atoms with Crippen LogP contribution in [-0.4, -0.2) is 38.0 Å². The van der Waals surface area contributed by atoms with E-state index in [0.29, 0.717) is 0 Å². The van der Waals surface area contributed by atoms with Gasteiger partial charge in [-0.3, -0.25) is 0 Å². The third-order valence-corrected chi connectivity index (χ3v) is 3.71. The largest absolute Gasteiger partial charge is 2.00 e. The van der Waals surface area contributed by atoms with E-state index in [2.05, 4.69) is 21.9 Å². The molecule has 2 aromatic rings.